The van der Waals surface area contributed by atoms with E-state index in [0.29, 0.717) is 40.3 Å². The molecule has 0 bridgehead atoms. The molecule has 1 amide bonds. The van der Waals surface area contributed by atoms with Crippen LogP contribution in [0.4, 0.5) is 20.2 Å². The molecule has 2 heterocycles. The summed E-state index contributed by atoms with van der Waals surface area (Å²) >= 11 is 0. The van der Waals surface area contributed by atoms with E-state index in [9.17, 15) is 13.6 Å². The van der Waals surface area contributed by atoms with Crippen molar-refractivity contribution in [1.29, 1.82) is 0 Å². The third-order valence-corrected chi connectivity index (χ3v) is 4.18. The number of anilines is 2. The molecule has 2 aromatic heterocycles. The largest absolute Gasteiger partial charge is 0.481 e. The fraction of sp³-hybridized carbons (Fsp3) is 0.211. The topological polar surface area (TPSA) is 67.4 Å². The molecule has 0 atom stereocenters. The summed E-state index contributed by atoms with van der Waals surface area (Å²) in [5.41, 5.74) is 1.57. The highest BCUT2D eigenvalue weighted by molar-refractivity contribution is 6.01. The number of pyridine rings is 2. The smallest absolute Gasteiger partial charge is 0.215 e. The Balaban J connectivity index is 2.14. The molecule has 0 saturated heterocycles. The van der Waals surface area contributed by atoms with E-state index in [-0.39, 0.29) is 12.1 Å². The summed E-state index contributed by atoms with van der Waals surface area (Å²) in [5, 5.41) is 3.49. The molecule has 0 radical (unpaired) electrons. The Hall–Kier alpha value is -3.29. The highest BCUT2D eigenvalue weighted by atomic mass is 19.1. The minimum Gasteiger partial charge on any atom is -0.481 e. The van der Waals surface area contributed by atoms with E-state index in [1.807, 2.05) is 0 Å². The van der Waals surface area contributed by atoms with Crippen LogP contribution in [0.5, 0.6) is 5.88 Å². The average Bonchev–Trinajstić information content (AvgIpc) is 2.66. The number of amides is 1. The number of nitrogens with zero attached hydrogens (tertiary/aromatic N) is 3. The highest BCUT2D eigenvalue weighted by Crippen LogP contribution is 2.34. The zero-order valence-electron chi connectivity index (χ0n) is 15.1. The van der Waals surface area contributed by atoms with E-state index >= 15 is 0 Å². The van der Waals surface area contributed by atoms with E-state index < -0.39 is 11.6 Å². The van der Waals surface area contributed by atoms with E-state index in [2.05, 4.69) is 15.3 Å². The van der Waals surface area contributed by atoms with Crippen LogP contribution < -0.4 is 15.0 Å². The van der Waals surface area contributed by atoms with Gasteiger partial charge >= 0.3 is 0 Å². The lowest BCUT2D eigenvalue weighted by Crippen LogP contribution is -2.23. The maximum atomic E-state index is 14.3. The van der Waals surface area contributed by atoms with Gasteiger partial charge in [-0.05, 0) is 30.7 Å². The lowest BCUT2D eigenvalue weighted by molar-refractivity contribution is -0.107. The Kier molecular flexibility index (Phi) is 5.16. The van der Waals surface area contributed by atoms with E-state index in [0.717, 1.165) is 0 Å². The van der Waals surface area contributed by atoms with Crippen molar-refractivity contribution in [3.8, 4) is 5.88 Å². The second-order valence-corrected chi connectivity index (χ2v) is 5.94. The average molecular weight is 372 g/mol. The number of rotatable bonds is 6. The maximum Gasteiger partial charge on any atom is 0.215 e. The van der Waals surface area contributed by atoms with Crippen LogP contribution in [-0.2, 0) is 11.3 Å². The van der Waals surface area contributed by atoms with Crippen LogP contribution >= 0.6 is 0 Å². The number of carbonyl (C=O) groups excluding carboxylic acids is 1. The molecule has 0 aliphatic heterocycles. The zero-order valence-corrected chi connectivity index (χ0v) is 15.1. The van der Waals surface area contributed by atoms with Crippen molar-refractivity contribution in [1.82, 2.24) is 9.97 Å². The lowest BCUT2D eigenvalue weighted by atomic mass is 10.1. The first-order valence-electron chi connectivity index (χ1n) is 8.16. The Morgan fingerprint density at radius 3 is 2.56 bits per heavy atom. The number of ether oxygens (including phenoxy) is 1. The van der Waals surface area contributed by atoms with Crippen LogP contribution in [0.15, 0.2) is 30.5 Å². The minimum absolute atomic E-state index is 0.193. The molecule has 0 aliphatic carbocycles. The normalized spacial score (nSPS) is 10.7. The summed E-state index contributed by atoms with van der Waals surface area (Å²) in [6.45, 7) is 1.32. The number of halogens is 2. The predicted molar refractivity (Wildman–Crippen MR) is 99.0 cm³/mol. The summed E-state index contributed by atoms with van der Waals surface area (Å²) in [6, 6.07) is 5.79. The molecule has 1 aromatic carbocycles. The van der Waals surface area contributed by atoms with Crippen molar-refractivity contribution in [2.45, 2.75) is 13.5 Å². The number of fused-ring (bicyclic) bond motifs is 1. The quantitative estimate of drug-likeness (QED) is 0.672. The molecule has 0 aliphatic rings. The first-order chi connectivity index (χ1) is 13.0. The number of benzene rings is 1. The molecular formula is C19H18F2N4O2. The number of aryl methyl sites for hydroxylation is 1. The molecule has 3 rings (SSSR count). The van der Waals surface area contributed by atoms with Gasteiger partial charge < -0.3 is 15.0 Å². The van der Waals surface area contributed by atoms with Gasteiger partial charge in [0, 0.05) is 24.1 Å². The number of hydrogen-bond acceptors (Lipinski definition) is 5. The Labute approximate surface area is 154 Å². The third-order valence-electron chi connectivity index (χ3n) is 4.18. The highest BCUT2D eigenvalue weighted by Gasteiger charge is 2.20. The van der Waals surface area contributed by atoms with Gasteiger partial charge in [0.1, 0.15) is 11.6 Å². The van der Waals surface area contributed by atoms with Crippen LogP contribution in [-0.4, -0.2) is 30.5 Å². The molecule has 8 heteroatoms. The molecule has 1 N–H and O–H groups in total. The lowest BCUT2D eigenvalue weighted by Gasteiger charge is -2.23. The first-order valence-corrected chi connectivity index (χ1v) is 8.16. The minimum atomic E-state index is -0.705. The van der Waals surface area contributed by atoms with Crippen LogP contribution in [0, 0.1) is 18.6 Å². The van der Waals surface area contributed by atoms with Gasteiger partial charge in [0.25, 0.3) is 0 Å². The summed E-state index contributed by atoms with van der Waals surface area (Å²) < 4.78 is 33.7. The van der Waals surface area contributed by atoms with Gasteiger partial charge in [-0.25, -0.2) is 13.8 Å². The van der Waals surface area contributed by atoms with Gasteiger partial charge in [-0.1, -0.05) is 0 Å². The number of nitrogens with one attached hydrogen (secondary N) is 1. The molecule has 0 fully saturated rings. The summed E-state index contributed by atoms with van der Waals surface area (Å²) in [4.78, 5) is 21.5. The Bertz CT molecular complexity index is 987. The molecule has 0 unspecified atom stereocenters. The predicted octanol–water partition coefficient (Wildman–Crippen LogP) is 3.43. The van der Waals surface area contributed by atoms with Crippen molar-refractivity contribution < 1.29 is 18.3 Å². The molecule has 0 saturated carbocycles. The summed E-state index contributed by atoms with van der Waals surface area (Å²) in [6.07, 6.45) is 2.03. The molecular weight excluding hydrogens is 354 g/mol. The van der Waals surface area contributed by atoms with Gasteiger partial charge in [0.05, 0.1) is 31.2 Å². The van der Waals surface area contributed by atoms with Crippen molar-refractivity contribution >= 4 is 28.8 Å². The van der Waals surface area contributed by atoms with Crippen molar-refractivity contribution in [2.24, 2.45) is 0 Å². The monoisotopic (exact) mass is 372 g/mol. The van der Waals surface area contributed by atoms with Crippen LogP contribution in [0.2, 0.25) is 0 Å². The van der Waals surface area contributed by atoms with Gasteiger partial charge in [0.2, 0.25) is 12.3 Å². The number of aromatic nitrogens is 2. The van der Waals surface area contributed by atoms with Crippen molar-refractivity contribution in [3.63, 3.8) is 0 Å². The van der Waals surface area contributed by atoms with Crippen LogP contribution in [0.1, 0.15) is 11.1 Å². The summed E-state index contributed by atoms with van der Waals surface area (Å²) in [5.74, 6) is -1.04. The van der Waals surface area contributed by atoms with Crippen LogP contribution in [0.25, 0.3) is 11.0 Å². The SMILES string of the molecule is CNc1cnc2nc(OC)ccc2c1N(C=O)Cc1c(F)cc(C)cc1F. The van der Waals surface area contributed by atoms with E-state index in [1.165, 1.54) is 30.3 Å². The molecule has 3 aromatic rings. The number of hydrogen-bond donors (Lipinski definition) is 1. The molecule has 6 nitrogen and oxygen atoms in total. The Morgan fingerprint density at radius 2 is 1.96 bits per heavy atom. The molecule has 27 heavy (non-hydrogen) atoms. The molecule has 0 spiro atoms. The van der Waals surface area contributed by atoms with Crippen LogP contribution in [0.3, 0.4) is 0 Å². The van der Waals surface area contributed by atoms with Gasteiger partial charge in [-0.15, -0.1) is 0 Å². The van der Waals surface area contributed by atoms with Gasteiger partial charge in [-0.2, -0.15) is 4.98 Å². The Morgan fingerprint density at radius 1 is 1.26 bits per heavy atom. The second kappa shape index (κ2) is 7.53. The third kappa shape index (κ3) is 3.51. The van der Waals surface area contributed by atoms with Gasteiger partial charge in [0.15, 0.2) is 5.65 Å². The second-order valence-electron chi connectivity index (χ2n) is 5.94. The maximum absolute atomic E-state index is 14.3. The van der Waals surface area contributed by atoms with E-state index in [1.54, 1.807) is 26.1 Å². The fourth-order valence-corrected chi connectivity index (χ4v) is 2.87. The first kappa shape index (κ1) is 18.5. The fourth-order valence-electron chi connectivity index (χ4n) is 2.87. The standard InChI is InChI=1S/C19H18F2N4O2/c1-11-6-14(20)13(15(21)7-11)9-25(10-26)18-12-4-5-17(27-3)24-19(12)23-8-16(18)22-2/h4-8,10,22H,9H2,1-3H3. The molecule has 140 valence electrons. The number of methoxy groups -OCH3 is 1. The van der Waals surface area contributed by atoms with Crippen molar-refractivity contribution in [3.05, 3.63) is 53.2 Å². The van der Waals surface area contributed by atoms with Gasteiger partial charge in [-0.3, -0.25) is 4.79 Å². The number of carbonyl (C=O) groups is 1. The zero-order chi connectivity index (χ0) is 19.6. The van der Waals surface area contributed by atoms with E-state index in [4.69, 9.17) is 4.74 Å². The summed E-state index contributed by atoms with van der Waals surface area (Å²) in [7, 11) is 3.15. The van der Waals surface area contributed by atoms with Crippen molar-refractivity contribution in [2.75, 3.05) is 24.4 Å².